The van der Waals surface area contributed by atoms with Gasteiger partial charge in [-0.05, 0) is 55.4 Å². The molecule has 2 aromatic rings. The van der Waals surface area contributed by atoms with Crippen molar-refractivity contribution >= 4 is 11.6 Å². The third-order valence-corrected chi connectivity index (χ3v) is 6.08. The highest BCUT2D eigenvalue weighted by molar-refractivity contribution is 6.30. The van der Waals surface area contributed by atoms with Crippen LogP contribution in [0.3, 0.4) is 0 Å². The molecule has 4 rings (SSSR count). The summed E-state index contributed by atoms with van der Waals surface area (Å²) in [4.78, 5) is 9.13. The first-order valence-electron chi connectivity index (χ1n) is 9.72. The minimum atomic E-state index is -0.499. The Morgan fingerprint density at radius 2 is 2.04 bits per heavy atom. The molecule has 0 spiro atoms. The number of aromatic nitrogens is 2. The lowest BCUT2D eigenvalue weighted by Crippen LogP contribution is -2.36. The van der Waals surface area contributed by atoms with Gasteiger partial charge in [0.2, 0.25) is 0 Å². The van der Waals surface area contributed by atoms with Gasteiger partial charge in [0.05, 0.1) is 6.10 Å². The van der Waals surface area contributed by atoms with Gasteiger partial charge in [-0.2, -0.15) is 0 Å². The molecule has 4 unspecified atom stereocenters. The molecule has 144 valence electrons. The van der Waals surface area contributed by atoms with Gasteiger partial charge in [-0.15, -0.1) is 0 Å². The zero-order valence-corrected chi connectivity index (χ0v) is 16.0. The van der Waals surface area contributed by atoms with Gasteiger partial charge >= 0.3 is 0 Å². The van der Waals surface area contributed by atoms with Crippen molar-refractivity contribution in [2.24, 2.45) is 11.8 Å². The van der Waals surface area contributed by atoms with E-state index in [9.17, 15) is 10.2 Å². The summed E-state index contributed by atoms with van der Waals surface area (Å²) in [5.41, 5.74) is 2.11. The first-order chi connectivity index (χ1) is 13.1. The van der Waals surface area contributed by atoms with E-state index in [-0.39, 0.29) is 24.5 Å². The van der Waals surface area contributed by atoms with Crippen LogP contribution in [0.25, 0.3) is 0 Å². The van der Waals surface area contributed by atoms with Gasteiger partial charge < -0.3 is 15.5 Å². The lowest BCUT2D eigenvalue weighted by molar-refractivity contribution is 0.0716. The smallest absolute Gasteiger partial charge is 0.131 e. The lowest BCUT2D eigenvalue weighted by atomic mass is 9.88. The van der Waals surface area contributed by atoms with Crippen LogP contribution in [0.2, 0.25) is 5.02 Å². The van der Waals surface area contributed by atoms with Crippen molar-refractivity contribution in [3.8, 4) is 0 Å². The summed E-state index contributed by atoms with van der Waals surface area (Å²) < 4.78 is 0. The normalized spacial score (nSPS) is 27.8. The highest BCUT2D eigenvalue weighted by Gasteiger charge is 2.42. The van der Waals surface area contributed by atoms with Crippen molar-refractivity contribution in [2.75, 3.05) is 6.61 Å². The summed E-state index contributed by atoms with van der Waals surface area (Å²) in [5.74, 6) is 1.45. The molecule has 0 amide bonds. The van der Waals surface area contributed by atoms with Crippen LogP contribution < -0.4 is 5.32 Å². The van der Waals surface area contributed by atoms with Crippen LogP contribution in [-0.2, 0) is 13.0 Å². The molecule has 5 nitrogen and oxygen atoms in total. The van der Waals surface area contributed by atoms with Crippen LogP contribution in [0.1, 0.15) is 42.3 Å². The van der Waals surface area contributed by atoms with E-state index in [1.165, 1.54) is 12.8 Å². The minimum Gasteiger partial charge on any atom is -0.396 e. The molecule has 4 atom stereocenters. The molecule has 0 bridgehead atoms. The van der Waals surface area contributed by atoms with Gasteiger partial charge in [0.15, 0.2) is 0 Å². The molecule has 0 saturated heterocycles. The minimum absolute atomic E-state index is 0.0122. The van der Waals surface area contributed by atoms with Crippen molar-refractivity contribution in [3.05, 3.63) is 58.6 Å². The van der Waals surface area contributed by atoms with Crippen molar-refractivity contribution in [1.82, 2.24) is 15.3 Å². The van der Waals surface area contributed by atoms with E-state index >= 15 is 0 Å². The highest BCUT2D eigenvalue weighted by Crippen LogP contribution is 2.39. The molecule has 27 heavy (non-hydrogen) atoms. The summed E-state index contributed by atoms with van der Waals surface area (Å²) in [6, 6.07) is 9.87. The number of benzene rings is 1. The predicted octanol–water partition coefficient (Wildman–Crippen LogP) is 2.70. The van der Waals surface area contributed by atoms with Crippen molar-refractivity contribution in [2.45, 2.75) is 50.3 Å². The van der Waals surface area contributed by atoms with E-state index in [4.69, 9.17) is 16.6 Å². The number of hydrogen-bond donors (Lipinski definition) is 3. The molecule has 2 aliphatic carbocycles. The largest absolute Gasteiger partial charge is 0.396 e. The summed E-state index contributed by atoms with van der Waals surface area (Å²) in [6.45, 7) is 0.672. The number of nitrogens with one attached hydrogen (secondary N) is 1. The molecule has 6 heteroatoms. The number of hydrogen-bond acceptors (Lipinski definition) is 5. The molecule has 1 aromatic heterocycles. The number of rotatable bonds is 7. The first-order valence-corrected chi connectivity index (χ1v) is 10.1. The Hall–Kier alpha value is -1.53. The molecule has 2 aliphatic rings. The van der Waals surface area contributed by atoms with Crippen molar-refractivity contribution in [3.63, 3.8) is 0 Å². The number of nitrogens with zero attached hydrogens (tertiary/aromatic N) is 2. The first kappa shape index (κ1) is 18.8. The van der Waals surface area contributed by atoms with E-state index in [1.54, 1.807) is 0 Å². The Kier molecular flexibility index (Phi) is 5.74. The highest BCUT2D eigenvalue weighted by atomic mass is 35.5. The molecule has 1 heterocycles. The molecule has 3 N–H and O–H groups in total. The number of halogens is 1. The second-order valence-electron chi connectivity index (χ2n) is 7.82. The Morgan fingerprint density at radius 3 is 2.78 bits per heavy atom. The van der Waals surface area contributed by atoms with Crippen LogP contribution >= 0.6 is 11.6 Å². The molecule has 2 fully saturated rings. The summed E-state index contributed by atoms with van der Waals surface area (Å²) in [5, 5.41) is 24.6. The van der Waals surface area contributed by atoms with E-state index in [1.807, 2.05) is 36.5 Å². The van der Waals surface area contributed by atoms with Crippen LogP contribution in [-0.4, -0.2) is 38.9 Å². The fourth-order valence-corrected chi connectivity index (χ4v) is 4.39. The Bertz CT molecular complexity index is 784. The fraction of sp³-hybridized carbons (Fsp3) is 0.524. The van der Waals surface area contributed by atoms with Gasteiger partial charge in [-0.3, -0.25) is 0 Å². The number of aliphatic hydroxyl groups is 2. The Labute approximate surface area is 164 Å². The van der Waals surface area contributed by atoms with Gasteiger partial charge in [0, 0.05) is 47.9 Å². The predicted molar refractivity (Wildman–Crippen MR) is 104 cm³/mol. The van der Waals surface area contributed by atoms with Gasteiger partial charge in [-0.1, -0.05) is 23.7 Å². The van der Waals surface area contributed by atoms with E-state index in [0.29, 0.717) is 18.9 Å². The molecular formula is C21H26ClN3O2. The zero-order valence-electron chi connectivity index (χ0n) is 15.3. The van der Waals surface area contributed by atoms with Crippen LogP contribution in [0.15, 0.2) is 36.5 Å². The van der Waals surface area contributed by atoms with Crippen LogP contribution in [0, 0.1) is 11.8 Å². The third kappa shape index (κ3) is 4.49. The van der Waals surface area contributed by atoms with Gasteiger partial charge in [0.1, 0.15) is 5.82 Å². The maximum Gasteiger partial charge on any atom is 0.131 e. The third-order valence-electron chi connectivity index (χ3n) is 5.84. The second-order valence-corrected chi connectivity index (χ2v) is 8.25. The second kappa shape index (κ2) is 8.23. The molecule has 2 saturated carbocycles. The topological polar surface area (TPSA) is 78.3 Å². The molecule has 1 aromatic carbocycles. The quantitative estimate of drug-likeness (QED) is 0.680. The number of aliphatic hydroxyl groups excluding tert-OH is 2. The fourth-order valence-electron chi connectivity index (χ4n) is 4.18. The lowest BCUT2D eigenvalue weighted by Gasteiger charge is -2.25. The van der Waals surface area contributed by atoms with Gasteiger partial charge in [0.25, 0.3) is 0 Å². The van der Waals surface area contributed by atoms with E-state index < -0.39 is 6.10 Å². The summed E-state index contributed by atoms with van der Waals surface area (Å²) in [7, 11) is 0. The maximum absolute atomic E-state index is 10.4. The van der Waals surface area contributed by atoms with Gasteiger partial charge in [-0.25, -0.2) is 9.97 Å². The maximum atomic E-state index is 10.4. The zero-order chi connectivity index (χ0) is 18.8. The standard InChI is InChI=1S/C21H26ClN3O2/c22-15-3-1-2-13(8-15)11-24-19-10-20(27)18(12-26)17(19)9-16-6-7-23-21(25-16)14-4-5-14/h1-3,6-8,14,17-20,24,26-27H,4-5,9-12H2. The SMILES string of the molecule is OCC1C(O)CC(NCc2cccc(Cl)c2)C1Cc1ccnc(C2CC2)n1. The summed E-state index contributed by atoms with van der Waals surface area (Å²) >= 11 is 6.08. The average Bonchev–Trinajstić information content (AvgIpc) is 3.46. The Balaban J connectivity index is 1.47. The monoisotopic (exact) mass is 387 g/mol. The summed E-state index contributed by atoms with van der Waals surface area (Å²) in [6.07, 6.45) is 5.06. The van der Waals surface area contributed by atoms with E-state index in [2.05, 4.69) is 10.3 Å². The molecular weight excluding hydrogens is 362 g/mol. The van der Waals surface area contributed by atoms with Crippen LogP contribution in [0.5, 0.6) is 0 Å². The van der Waals surface area contributed by atoms with Crippen LogP contribution in [0.4, 0.5) is 0 Å². The van der Waals surface area contributed by atoms with Crippen molar-refractivity contribution in [1.29, 1.82) is 0 Å². The molecule has 0 aliphatic heterocycles. The van der Waals surface area contributed by atoms with Crippen molar-refractivity contribution < 1.29 is 10.2 Å². The molecule has 0 radical (unpaired) electrons. The average molecular weight is 388 g/mol. The Morgan fingerprint density at radius 1 is 1.19 bits per heavy atom. The van der Waals surface area contributed by atoms with E-state index in [0.717, 1.165) is 28.5 Å².